The van der Waals surface area contributed by atoms with Crippen molar-refractivity contribution in [1.82, 2.24) is 35.2 Å². The Bertz CT molecular complexity index is 1340. The van der Waals surface area contributed by atoms with Crippen molar-refractivity contribution in [3.63, 3.8) is 0 Å². The number of amides is 1. The lowest BCUT2D eigenvalue weighted by Gasteiger charge is -2.07. The molecule has 0 bridgehead atoms. The Morgan fingerprint density at radius 3 is 2.91 bits per heavy atom. The molecule has 0 aliphatic heterocycles. The van der Waals surface area contributed by atoms with Crippen LogP contribution in [0.1, 0.15) is 10.7 Å². The maximum atomic E-state index is 12.1. The zero-order chi connectivity index (χ0) is 23.2. The first-order valence-corrected chi connectivity index (χ1v) is 11.4. The molecular formula is C19H17N9O3S2. The Morgan fingerprint density at radius 2 is 2.12 bits per heavy atom. The Kier molecular flexibility index (Phi) is 6.85. The molecule has 3 aromatic heterocycles. The lowest BCUT2D eigenvalue weighted by atomic mass is 10.3. The van der Waals surface area contributed by atoms with Gasteiger partial charge in [-0.2, -0.15) is 5.10 Å². The average molecular weight is 484 g/mol. The van der Waals surface area contributed by atoms with E-state index in [1.54, 1.807) is 16.8 Å². The van der Waals surface area contributed by atoms with Crippen LogP contribution < -0.4 is 5.43 Å². The third-order valence-corrected chi connectivity index (χ3v) is 6.26. The molecule has 14 heteroatoms. The van der Waals surface area contributed by atoms with Crippen LogP contribution >= 0.6 is 23.1 Å². The highest BCUT2D eigenvalue weighted by atomic mass is 32.2. The summed E-state index contributed by atoms with van der Waals surface area (Å²) in [6.07, 6.45) is 3.09. The minimum atomic E-state index is -0.476. The maximum absolute atomic E-state index is 12.1. The number of thiophene rings is 1. The van der Waals surface area contributed by atoms with E-state index < -0.39 is 4.92 Å². The number of allylic oxidation sites excluding steroid dienone is 1. The van der Waals surface area contributed by atoms with Gasteiger partial charge in [0.15, 0.2) is 11.0 Å². The van der Waals surface area contributed by atoms with Gasteiger partial charge in [-0.25, -0.2) is 10.1 Å². The number of nitrogens with one attached hydrogen (secondary N) is 1. The molecule has 0 radical (unpaired) electrons. The number of fused-ring (bicyclic) bond motifs is 1. The molecule has 1 amide bonds. The Morgan fingerprint density at radius 1 is 1.27 bits per heavy atom. The van der Waals surface area contributed by atoms with Crippen LogP contribution in [0.4, 0.5) is 5.00 Å². The van der Waals surface area contributed by atoms with Gasteiger partial charge in [0.2, 0.25) is 0 Å². The highest BCUT2D eigenvalue weighted by Gasteiger charge is 2.15. The molecule has 0 atom stereocenters. The van der Waals surface area contributed by atoms with Crippen molar-refractivity contribution in [3.8, 4) is 0 Å². The van der Waals surface area contributed by atoms with Crippen LogP contribution in [0.2, 0.25) is 0 Å². The topological polar surface area (TPSA) is 146 Å². The monoisotopic (exact) mass is 483 g/mol. The number of benzene rings is 1. The molecule has 1 aromatic carbocycles. The first kappa shape index (κ1) is 22.3. The van der Waals surface area contributed by atoms with E-state index in [9.17, 15) is 14.9 Å². The normalized spacial score (nSPS) is 11.3. The molecule has 4 aromatic rings. The van der Waals surface area contributed by atoms with Gasteiger partial charge >= 0.3 is 5.00 Å². The summed E-state index contributed by atoms with van der Waals surface area (Å²) < 4.78 is 3.60. The first-order valence-electron chi connectivity index (χ1n) is 9.55. The predicted octanol–water partition coefficient (Wildman–Crippen LogP) is 2.47. The molecule has 4 rings (SSSR count). The zero-order valence-corrected chi connectivity index (χ0v) is 18.7. The number of thioether (sulfide) groups is 1. The Labute approximate surface area is 195 Å². The molecule has 33 heavy (non-hydrogen) atoms. The van der Waals surface area contributed by atoms with E-state index >= 15 is 0 Å². The van der Waals surface area contributed by atoms with E-state index in [1.807, 2.05) is 28.8 Å². The maximum Gasteiger partial charge on any atom is 0.324 e. The van der Waals surface area contributed by atoms with Gasteiger partial charge in [0.25, 0.3) is 5.91 Å². The number of hydrogen-bond donors (Lipinski definition) is 1. The number of para-hydroxylation sites is 1. The van der Waals surface area contributed by atoms with Gasteiger partial charge in [0, 0.05) is 12.6 Å². The molecule has 0 fully saturated rings. The fourth-order valence-electron chi connectivity index (χ4n) is 2.86. The molecule has 1 N–H and O–H groups in total. The standard InChI is InChI=1S/C19H17N9O3S2/c1-2-9-26-16(11-27-15-6-4-3-5-14(15)21-25-27)22-24-19(26)32-12-17(29)23-20-10-13-7-8-18(33-13)28(30)31/h2-8,10H,1,9,11-12H2,(H,23,29)/b20-10-. The van der Waals surface area contributed by atoms with Crippen LogP contribution in [-0.2, 0) is 17.9 Å². The third-order valence-electron chi connectivity index (χ3n) is 4.32. The number of nitro groups is 1. The van der Waals surface area contributed by atoms with Crippen LogP contribution in [0.3, 0.4) is 0 Å². The summed E-state index contributed by atoms with van der Waals surface area (Å²) in [7, 11) is 0. The summed E-state index contributed by atoms with van der Waals surface area (Å²) in [6, 6.07) is 10.6. The second kappa shape index (κ2) is 10.1. The van der Waals surface area contributed by atoms with Gasteiger partial charge < -0.3 is 4.57 Å². The van der Waals surface area contributed by atoms with Crippen molar-refractivity contribution < 1.29 is 9.72 Å². The highest BCUT2D eigenvalue weighted by molar-refractivity contribution is 7.99. The van der Waals surface area contributed by atoms with E-state index in [4.69, 9.17) is 0 Å². The molecule has 12 nitrogen and oxygen atoms in total. The largest absolute Gasteiger partial charge is 0.324 e. The number of aromatic nitrogens is 6. The van der Waals surface area contributed by atoms with Crippen LogP contribution in [0.25, 0.3) is 11.0 Å². The lowest BCUT2D eigenvalue weighted by Crippen LogP contribution is -2.20. The summed E-state index contributed by atoms with van der Waals surface area (Å²) >= 11 is 2.18. The van der Waals surface area contributed by atoms with Crippen molar-refractivity contribution >= 4 is 51.3 Å². The highest BCUT2D eigenvalue weighted by Crippen LogP contribution is 2.22. The lowest BCUT2D eigenvalue weighted by molar-refractivity contribution is -0.380. The second-order valence-corrected chi connectivity index (χ2v) is 8.59. The molecule has 0 saturated heterocycles. The van der Waals surface area contributed by atoms with E-state index in [-0.39, 0.29) is 16.7 Å². The minimum Gasteiger partial charge on any atom is -0.301 e. The molecular weight excluding hydrogens is 466 g/mol. The van der Waals surface area contributed by atoms with Crippen LogP contribution in [0.5, 0.6) is 0 Å². The van der Waals surface area contributed by atoms with E-state index in [0.717, 1.165) is 22.4 Å². The van der Waals surface area contributed by atoms with E-state index in [1.165, 1.54) is 24.0 Å². The van der Waals surface area contributed by atoms with Crippen LogP contribution in [-0.4, -0.2) is 52.6 Å². The number of nitrogens with zero attached hydrogens (tertiary/aromatic N) is 8. The number of carbonyl (C=O) groups excluding carboxylic acids is 1. The molecule has 0 spiro atoms. The van der Waals surface area contributed by atoms with Gasteiger partial charge in [-0.05, 0) is 18.2 Å². The van der Waals surface area contributed by atoms with Crippen molar-refractivity contribution in [2.24, 2.45) is 5.10 Å². The number of rotatable bonds is 10. The summed E-state index contributed by atoms with van der Waals surface area (Å²) in [4.78, 5) is 22.9. The first-order chi connectivity index (χ1) is 16.0. The molecule has 0 unspecified atom stereocenters. The second-order valence-electron chi connectivity index (χ2n) is 6.55. The molecule has 3 heterocycles. The SMILES string of the molecule is C=CCn1c(Cn2nnc3ccccc32)nnc1SCC(=O)N/N=C\c1ccc([N+](=O)[O-])s1. The fraction of sp³-hybridized carbons (Fsp3) is 0.158. The average Bonchev–Trinajstić information content (AvgIpc) is 3.53. The number of carbonyl (C=O) groups is 1. The molecule has 0 aliphatic carbocycles. The Balaban J connectivity index is 1.38. The van der Waals surface area contributed by atoms with Gasteiger partial charge in [-0.1, -0.05) is 46.5 Å². The van der Waals surface area contributed by atoms with Gasteiger partial charge in [0.05, 0.1) is 27.3 Å². The van der Waals surface area contributed by atoms with Gasteiger partial charge in [-0.15, -0.1) is 21.9 Å². The summed E-state index contributed by atoms with van der Waals surface area (Å²) in [5.74, 6) is 0.369. The van der Waals surface area contributed by atoms with Crippen molar-refractivity contribution in [2.45, 2.75) is 18.2 Å². The Hall–Kier alpha value is -3.91. The number of hydrogen-bond acceptors (Lipinski definition) is 10. The minimum absolute atomic E-state index is 0.00887. The smallest absolute Gasteiger partial charge is 0.301 e. The van der Waals surface area contributed by atoms with Crippen molar-refractivity contribution in [3.05, 3.63) is 69.9 Å². The fourth-order valence-corrected chi connectivity index (χ4v) is 4.32. The molecule has 0 saturated carbocycles. The number of hydrazone groups is 1. The van der Waals surface area contributed by atoms with Crippen LogP contribution in [0.15, 0.2) is 59.3 Å². The zero-order valence-electron chi connectivity index (χ0n) is 17.1. The van der Waals surface area contributed by atoms with E-state index in [0.29, 0.717) is 28.9 Å². The summed E-state index contributed by atoms with van der Waals surface area (Å²) in [6.45, 7) is 4.61. The van der Waals surface area contributed by atoms with Crippen LogP contribution in [0, 0.1) is 10.1 Å². The summed E-state index contributed by atoms with van der Waals surface area (Å²) in [5, 5.41) is 31.9. The van der Waals surface area contributed by atoms with E-state index in [2.05, 4.69) is 37.6 Å². The molecule has 168 valence electrons. The van der Waals surface area contributed by atoms with Crippen molar-refractivity contribution in [1.29, 1.82) is 0 Å². The predicted molar refractivity (Wildman–Crippen MR) is 124 cm³/mol. The molecule has 0 aliphatic rings. The van der Waals surface area contributed by atoms with Gasteiger partial charge in [-0.3, -0.25) is 14.9 Å². The summed E-state index contributed by atoms with van der Waals surface area (Å²) in [5.41, 5.74) is 4.07. The quantitative estimate of drug-likeness (QED) is 0.119. The third kappa shape index (κ3) is 5.30. The van der Waals surface area contributed by atoms with Gasteiger partial charge in [0.1, 0.15) is 12.1 Å². The van der Waals surface area contributed by atoms with Crippen molar-refractivity contribution in [2.75, 3.05) is 5.75 Å².